The van der Waals surface area contributed by atoms with Gasteiger partial charge in [-0.25, -0.2) is 4.79 Å². The molecule has 8 nitrogen and oxygen atoms in total. The molecular weight excluding hydrogens is 278 g/mol. The summed E-state index contributed by atoms with van der Waals surface area (Å²) >= 11 is 0. The molecule has 0 radical (unpaired) electrons. The highest BCUT2D eigenvalue weighted by Crippen LogP contribution is 2.06. The van der Waals surface area contributed by atoms with Gasteiger partial charge in [0, 0.05) is 19.5 Å². The number of amides is 2. The maximum absolute atomic E-state index is 11.8. The molecule has 0 aliphatic heterocycles. The number of alkyl carbamates (subject to hydrolysis) is 1. The van der Waals surface area contributed by atoms with Crippen LogP contribution in [-0.2, 0) is 14.3 Å². The number of ether oxygens (including phenoxy) is 1. The van der Waals surface area contributed by atoms with Crippen molar-refractivity contribution in [2.45, 2.75) is 39.2 Å². The molecule has 0 unspecified atom stereocenters. The smallest absolute Gasteiger partial charge is 0.407 e. The Labute approximate surface area is 124 Å². The van der Waals surface area contributed by atoms with E-state index in [-0.39, 0.29) is 25.4 Å². The Bertz CT molecular complexity index is 365. The van der Waals surface area contributed by atoms with E-state index < -0.39 is 24.2 Å². The third-order valence-electron chi connectivity index (χ3n) is 2.32. The van der Waals surface area contributed by atoms with Crippen LogP contribution < -0.4 is 11.1 Å². The first kappa shape index (κ1) is 19.2. The van der Waals surface area contributed by atoms with Crippen LogP contribution in [0.1, 0.15) is 33.6 Å². The molecule has 0 rings (SSSR count). The summed E-state index contributed by atoms with van der Waals surface area (Å²) in [6.45, 7) is 5.40. The molecule has 21 heavy (non-hydrogen) atoms. The summed E-state index contributed by atoms with van der Waals surface area (Å²) in [4.78, 5) is 35.2. The molecule has 0 spiro atoms. The summed E-state index contributed by atoms with van der Waals surface area (Å²) in [5.74, 6) is -1.40. The Morgan fingerprint density at radius 1 is 1.29 bits per heavy atom. The van der Waals surface area contributed by atoms with Crippen LogP contribution in [0.15, 0.2) is 0 Å². The minimum Gasteiger partial charge on any atom is -0.480 e. The first-order valence-electron chi connectivity index (χ1n) is 6.82. The molecule has 0 aliphatic rings. The highest BCUT2D eigenvalue weighted by Gasteiger charge is 2.18. The lowest BCUT2D eigenvalue weighted by molar-refractivity contribution is -0.144. The Balaban J connectivity index is 4.26. The van der Waals surface area contributed by atoms with E-state index in [1.165, 1.54) is 4.90 Å². The predicted octanol–water partition coefficient (Wildman–Crippen LogP) is 0.163. The number of carboxylic acid groups (broad SMARTS) is 1. The highest BCUT2D eigenvalue weighted by molar-refractivity contribution is 5.81. The van der Waals surface area contributed by atoms with Gasteiger partial charge >= 0.3 is 12.1 Å². The van der Waals surface area contributed by atoms with E-state index in [9.17, 15) is 14.4 Å². The van der Waals surface area contributed by atoms with E-state index in [4.69, 9.17) is 15.6 Å². The molecule has 2 amide bonds. The molecule has 122 valence electrons. The summed E-state index contributed by atoms with van der Waals surface area (Å²) in [6, 6.07) is 0. The van der Waals surface area contributed by atoms with Crippen LogP contribution in [0.25, 0.3) is 0 Å². The van der Waals surface area contributed by atoms with Crippen molar-refractivity contribution in [1.82, 2.24) is 10.2 Å². The highest BCUT2D eigenvalue weighted by atomic mass is 16.6. The normalized spacial score (nSPS) is 10.9. The van der Waals surface area contributed by atoms with Crippen molar-refractivity contribution >= 4 is 18.0 Å². The van der Waals surface area contributed by atoms with Crippen LogP contribution in [0.3, 0.4) is 0 Å². The van der Waals surface area contributed by atoms with Crippen LogP contribution in [0, 0.1) is 0 Å². The average Bonchev–Trinajstić information content (AvgIpc) is 2.32. The van der Waals surface area contributed by atoms with Crippen molar-refractivity contribution in [1.29, 1.82) is 0 Å². The van der Waals surface area contributed by atoms with Crippen molar-refractivity contribution in [3.05, 3.63) is 0 Å². The molecule has 0 saturated heterocycles. The number of aliphatic carboxylic acids is 1. The maximum Gasteiger partial charge on any atom is 0.407 e. The second kappa shape index (κ2) is 9.17. The first-order valence-corrected chi connectivity index (χ1v) is 6.82. The van der Waals surface area contributed by atoms with E-state index in [1.807, 2.05) is 0 Å². The fourth-order valence-electron chi connectivity index (χ4n) is 1.47. The van der Waals surface area contributed by atoms with E-state index in [0.29, 0.717) is 13.0 Å². The minimum atomic E-state index is -1.10. The largest absolute Gasteiger partial charge is 0.480 e. The predicted molar refractivity (Wildman–Crippen MR) is 76.7 cm³/mol. The second-order valence-electron chi connectivity index (χ2n) is 5.53. The van der Waals surface area contributed by atoms with Gasteiger partial charge in [-0.1, -0.05) is 0 Å². The molecule has 0 aromatic carbocycles. The number of carbonyl (C=O) groups is 3. The number of hydrogen-bond acceptors (Lipinski definition) is 5. The quantitative estimate of drug-likeness (QED) is 0.587. The van der Waals surface area contributed by atoms with Crippen LogP contribution in [0.5, 0.6) is 0 Å². The lowest BCUT2D eigenvalue weighted by Crippen LogP contribution is -2.42. The zero-order valence-electron chi connectivity index (χ0n) is 12.8. The molecule has 4 N–H and O–H groups in total. The molecule has 0 heterocycles. The van der Waals surface area contributed by atoms with Gasteiger partial charge in [0.05, 0.1) is 0 Å². The van der Waals surface area contributed by atoms with Crippen molar-refractivity contribution in [3.8, 4) is 0 Å². The number of nitrogens with two attached hydrogens (primary N) is 1. The van der Waals surface area contributed by atoms with Crippen LogP contribution in [0.2, 0.25) is 0 Å². The third-order valence-corrected chi connectivity index (χ3v) is 2.32. The Hall–Kier alpha value is -1.83. The number of nitrogens with zero attached hydrogens (tertiary/aromatic N) is 1. The molecule has 0 bridgehead atoms. The monoisotopic (exact) mass is 303 g/mol. The Morgan fingerprint density at radius 2 is 1.90 bits per heavy atom. The molecule has 8 heteroatoms. The molecule has 0 aromatic rings. The van der Waals surface area contributed by atoms with Crippen molar-refractivity contribution in [2.24, 2.45) is 5.73 Å². The Morgan fingerprint density at radius 3 is 2.38 bits per heavy atom. The van der Waals surface area contributed by atoms with Crippen molar-refractivity contribution in [3.63, 3.8) is 0 Å². The van der Waals surface area contributed by atoms with E-state index in [2.05, 4.69) is 5.32 Å². The van der Waals surface area contributed by atoms with E-state index in [0.717, 1.165) is 0 Å². The number of nitrogens with one attached hydrogen (secondary N) is 1. The lowest BCUT2D eigenvalue weighted by Gasteiger charge is -2.22. The minimum absolute atomic E-state index is 0.106. The van der Waals surface area contributed by atoms with Gasteiger partial charge in [-0.3, -0.25) is 9.59 Å². The van der Waals surface area contributed by atoms with Crippen LogP contribution >= 0.6 is 0 Å². The van der Waals surface area contributed by atoms with Crippen molar-refractivity contribution in [2.75, 3.05) is 26.2 Å². The molecule has 0 saturated carbocycles. The third kappa shape index (κ3) is 10.6. The maximum atomic E-state index is 11.8. The number of carbonyl (C=O) groups excluding carboxylic acids is 2. The molecular formula is C13H25N3O5. The zero-order valence-corrected chi connectivity index (χ0v) is 12.8. The van der Waals surface area contributed by atoms with Gasteiger partial charge in [-0.05, 0) is 33.7 Å². The first-order chi connectivity index (χ1) is 9.65. The van der Waals surface area contributed by atoms with Crippen LogP contribution in [-0.4, -0.2) is 59.8 Å². The lowest BCUT2D eigenvalue weighted by atomic mass is 10.2. The van der Waals surface area contributed by atoms with Gasteiger partial charge in [0.25, 0.3) is 0 Å². The summed E-state index contributed by atoms with van der Waals surface area (Å²) in [5.41, 5.74) is 4.71. The van der Waals surface area contributed by atoms with Gasteiger partial charge in [0.15, 0.2) is 0 Å². The molecule has 0 aliphatic carbocycles. The fraction of sp³-hybridized carbons (Fsp3) is 0.769. The van der Waals surface area contributed by atoms with E-state index in [1.54, 1.807) is 20.8 Å². The number of carboxylic acids is 1. The van der Waals surface area contributed by atoms with Crippen LogP contribution in [0.4, 0.5) is 4.79 Å². The van der Waals surface area contributed by atoms with Gasteiger partial charge in [-0.15, -0.1) is 0 Å². The van der Waals surface area contributed by atoms with E-state index >= 15 is 0 Å². The summed E-state index contributed by atoms with van der Waals surface area (Å²) in [7, 11) is 0. The molecule has 0 aromatic heterocycles. The fourth-order valence-corrected chi connectivity index (χ4v) is 1.47. The standard InChI is InChI=1S/C13H25N3O5/c1-13(2,3)21-12(20)15-7-8-16(9-11(18)19)10(17)5-4-6-14/h4-9,14H2,1-3H3,(H,15,20)(H,18,19). The summed E-state index contributed by atoms with van der Waals surface area (Å²) in [5, 5.41) is 11.3. The summed E-state index contributed by atoms with van der Waals surface area (Å²) < 4.78 is 5.04. The molecule has 0 atom stereocenters. The van der Waals surface area contributed by atoms with Gasteiger partial charge in [0.1, 0.15) is 12.1 Å². The topological polar surface area (TPSA) is 122 Å². The van der Waals surface area contributed by atoms with Gasteiger partial charge in [0.2, 0.25) is 5.91 Å². The van der Waals surface area contributed by atoms with Gasteiger partial charge in [-0.2, -0.15) is 0 Å². The second-order valence-corrected chi connectivity index (χ2v) is 5.53. The number of hydrogen-bond donors (Lipinski definition) is 3. The Kier molecular flexibility index (Phi) is 8.37. The molecule has 0 fully saturated rings. The SMILES string of the molecule is CC(C)(C)OC(=O)NCCN(CC(=O)O)C(=O)CCCN. The van der Waals surface area contributed by atoms with Crippen molar-refractivity contribution < 1.29 is 24.2 Å². The zero-order chi connectivity index (χ0) is 16.5. The average molecular weight is 303 g/mol. The van der Waals surface area contributed by atoms with Gasteiger partial charge < -0.3 is 25.8 Å². The summed E-state index contributed by atoms with van der Waals surface area (Å²) in [6.07, 6.45) is 0.0807. The number of rotatable bonds is 8.